The van der Waals surface area contributed by atoms with Crippen LogP contribution in [-0.2, 0) is 14.8 Å². The van der Waals surface area contributed by atoms with Crippen molar-refractivity contribution in [3.63, 3.8) is 0 Å². The molecule has 1 saturated heterocycles. The quantitative estimate of drug-likeness (QED) is 0.270. The summed E-state index contributed by atoms with van der Waals surface area (Å²) in [6, 6.07) is 15.6. The number of methoxy groups -OCH3 is 2. The monoisotopic (exact) mass is 588 g/mol. The maximum Gasteiger partial charge on any atom is 0.273 e. The van der Waals surface area contributed by atoms with Gasteiger partial charge in [0.2, 0.25) is 5.91 Å². The third-order valence-corrected chi connectivity index (χ3v) is 8.70. The van der Waals surface area contributed by atoms with Gasteiger partial charge in [-0.3, -0.25) is 19.2 Å². The molecule has 11 nitrogen and oxygen atoms in total. The smallest absolute Gasteiger partial charge is 0.273 e. The number of carbonyl (C=O) groups is 1. The van der Waals surface area contributed by atoms with Gasteiger partial charge >= 0.3 is 0 Å². The Bertz CT molecular complexity index is 1530. The van der Waals surface area contributed by atoms with Crippen molar-refractivity contribution in [3.8, 4) is 11.5 Å². The van der Waals surface area contributed by atoms with E-state index in [0.29, 0.717) is 31.7 Å². The van der Waals surface area contributed by atoms with E-state index in [2.05, 4.69) is 4.90 Å². The molecule has 0 spiro atoms. The van der Waals surface area contributed by atoms with Crippen molar-refractivity contribution in [3.05, 3.63) is 81.4 Å². The summed E-state index contributed by atoms with van der Waals surface area (Å²) in [6.07, 6.45) is 0. The van der Waals surface area contributed by atoms with Crippen LogP contribution in [0.1, 0.15) is 5.56 Å². The summed E-state index contributed by atoms with van der Waals surface area (Å²) in [5.74, 6) is 0.454. The molecule has 0 saturated carbocycles. The normalized spacial score (nSPS) is 13.6. The number of hydrogen-bond donors (Lipinski definition) is 0. The number of rotatable bonds is 9. The van der Waals surface area contributed by atoms with E-state index in [-0.39, 0.29) is 27.0 Å². The summed E-state index contributed by atoms with van der Waals surface area (Å²) >= 11 is 6.21. The molecule has 0 bridgehead atoms. The first-order valence-electron chi connectivity index (χ1n) is 12.3. The van der Waals surface area contributed by atoms with E-state index in [1.54, 1.807) is 12.0 Å². The largest absolute Gasteiger partial charge is 0.495 e. The maximum atomic E-state index is 13.9. The Morgan fingerprint density at radius 1 is 1.00 bits per heavy atom. The first kappa shape index (κ1) is 29.0. The zero-order chi connectivity index (χ0) is 29.0. The topological polar surface area (TPSA) is 123 Å². The molecule has 13 heteroatoms. The minimum absolute atomic E-state index is 0.0410. The molecule has 3 aromatic carbocycles. The van der Waals surface area contributed by atoms with Gasteiger partial charge in [-0.1, -0.05) is 29.8 Å². The van der Waals surface area contributed by atoms with Crippen LogP contribution in [-0.4, -0.2) is 71.1 Å². The third kappa shape index (κ3) is 5.92. The number of piperazine rings is 1. The number of nitro groups is 1. The van der Waals surface area contributed by atoms with Crippen molar-refractivity contribution < 1.29 is 27.6 Å². The van der Waals surface area contributed by atoms with E-state index in [9.17, 15) is 23.3 Å². The summed E-state index contributed by atoms with van der Waals surface area (Å²) in [5, 5.41) is 11.8. The van der Waals surface area contributed by atoms with Gasteiger partial charge in [0.25, 0.3) is 15.7 Å². The second-order valence-corrected chi connectivity index (χ2v) is 11.4. The molecule has 1 fully saturated rings. The second kappa shape index (κ2) is 12.0. The SMILES string of the molecule is COc1ccccc1N1CCN(C(=O)CN(c2cc(Cl)ccc2OC)S(=O)(=O)c2ccc(C)c([N+](=O)[O-])c2)CC1. The number of halogens is 1. The zero-order valence-corrected chi connectivity index (χ0v) is 23.8. The lowest BCUT2D eigenvalue weighted by atomic mass is 10.2. The minimum atomic E-state index is -4.46. The number of aryl methyl sites for hydroxylation is 1. The molecule has 212 valence electrons. The summed E-state index contributed by atoms with van der Waals surface area (Å²) in [5.41, 5.74) is 0.905. The average molecular weight is 589 g/mol. The van der Waals surface area contributed by atoms with Gasteiger partial charge in [0, 0.05) is 42.8 Å². The fourth-order valence-corrected chi connectivity index (χ4v) is 6.15. The van der Waals surface area contributed by atoms with Crippen molar-refractivity contribution >= 4 is 44.6 Å². The first-order valence-corrected chi connectivity index (χ1v) is 14.2. The van der Waals surface area contributed by atoms with Crippen LogP contribution >= 0.6 is 11.6 Å². The molecule has 40 heavy (non-hydrogen) atoms. The predicted octanol–water partition coefficient (Wildman–Crippen LogP) is 4.12. The molecule has 1 aliphatic heterocycles. The molecule has 0 aliphatic carbocycles. The van der Waals surface area contributed by atoms with Crippen LogP contribution in [0.3, 0.4) is 0 Å². The van der Waals surface area contributed by atoms with Gasteiger partial charge in [-0.2, -0.15) is 0 Å². The lowest BCUT2D eigenvalue weighted by Gasteiger charge is -2.37. The van der Waals surface area contributed by atoms with Crippen LogP contribution in [0.25, 0.3) is 0 Å². The maximum absolute atomic E-state index is 13.9. The van der Waals surface area contributed by atoms with E-state index in [4.69, 9.17) is 21.1 Å². The summed E-state index contributed by atoms with van der Waals surface area (Å²) in [7, 11) is -1.49. The molecule has 0 N–H and O–H groups in total. The number of para-hydroxylation sites is 2. The highest BCUT2D eigenvalue weighted by Gasteiger charge is 2.33. The lowest BCUT2D eigenvalue weighted by molar-refractivity contribution is -0.385. The highest BCUT2D eigenvalue weighted by molar-refractivity contribution is 7.92. The number of carbonyl (C=O) groups excluding carboxylic acids is 1. The van der Waals surface area contributed by atoms with E-state index in [0.717, 1.165) is 21.8 Å². The van der Waals surface area contributed by atoms with Gasteiger partial charge in [0.05, 0.1) is 35.4 Å². The molecule has 1 heterocycles. The van der Waals surface area contributed by atoms with E-state index in [1.807, 2.05) is 24.3 Å². The average Bonchev–Trinajstić information content (AvgIpc) is 2.95. The fourth-order valence-electron chi connectivity index (χ4n) is 4.54. The number of nitrogens with zero attached hydrogens (tertiary/aromatic N) is 4. The first-order chi connectivity index (χ1) is 19.1. The number of nitro benzene ring substituents is 1. The summed E-state index contributed by atoms with van der Waals surface area (Å²) in [6.45, 7) is 2.70. The molecule has 4 rings (SSSR count). The minimum Gasteiger partial charge on any atom is -0.495 e. The number of anilines is 2. The Kier molecular flexibility index (Phi) is 8.70. The number of benzene rings is 3. The Labute approximate surface area is 237 Å². The van der Waals surface area contributed by atoms with Crippen molar-refractivity contribution in [1.29, 1.82) is 0 Å². The van der Waals surface area contributed by atoms with Gasteiger partial charge in [-0.15, -0.1) is 0 Å². The van der Waals surface area contributed by atoms with Gasteiger partial charge in [0.15, 0.2) is 0 Å². The van der Waals surface area contributed by atoms with Crippen LogP contribution in [0, 0.1) is 17.0 Å². The third-order valence-electron chi connectivity index (χ3n) is 6.71. The molecule has 1 aliphatic rings. The van der Waals surface area contributed by atoms with Crippen LogP contribution in [0.4, 0.5) is 17.1 Å². The molecule has 1 amide bonds. The Morgan fingerprint density at radius 3 is 2.33 bits per heavy atom. The second-order valence-electron chi connectivity index (χ2n) is 9.07. The Hall–Kier alpha value is -4.03. The highest BCUT2D eigenvalue weighted by atomic mass is 35.5. The molecule has 0 aromatic heterocycles. The fraction of sp³-hybridized carbons (Fsp3) is 0.296. The van der Waals surface area contributed by atoms with Gasteiger partial charge in [-0.05, 0) is 43.3 Å². The van der Waals surface area contributed by atoms with Gasteiger partial charge < -0.3 is 19.3 Å². The van der Waals surface area contributed by atoms with Crippen molar-refractivity contribution in [1.82, 2.24) is 4.90 Å². The van der Waals surface area contributed by atoms with E-state index >= 15 is 0 Å². The summed E-state index contributed by atoms with van der Waals surface area (Å²) < 4.78 is 39.6. The molecule has 0 unspecified atom stereocenters. The number of sulfonamides is 1. The molecule has 0 atom stereocenters. The van der Waals surface area contributed by atoms with Crippen LogP contribution in [0.15, 0.2) is 65.6 Å². The lowest BCUT2D eigenvalue weighted by Crippen LogP contribution is -2.52. The van der Waals surface area contributed by atoms with Crippen LogP contribution in [0.5, 0.6) is 11.5 Å². The van der Waals surface area contributed by atoms with Crippen molar-refractivity contribution in [2.45, 2.75) is 11.8 Å². The number of hydrogen-bond acceptors (Lipinski definition) is 8. The van der Waals surface area contributed by atoms with Gasteiger partial charge in [-0.25, -0.2) is 8.42 Å². The molecular formula is C27H29ClN4O7S. The van der Waals surface area contributed by atoms with E-state index in [1.165, 1.54) is 44.4 Å². The standard InChI is InChI=1S/C27H29ClN4O7S/c1-19-8-10-21(17-23(19)32(34)35)40(36,37)31(24-16-20(28)9-11-26(24)39-3)18-27(33)30-14-12-29(13-15-30)22-6-4-5-7-25(22)38-2/h4-11,16-17H,12-15,18H2,1-3H3. The van der Waals surface area contributed by atoms with E-state index < -0.39 is 27.4 Å². The van der Waals surface area contributed by atoms with Crippen LogP contribution in [0.2, 0.25) is 5.02 Å². The highest BCUT2D eigenvalue weighted by Crippen LogP contribution is 2.36. The number of amides is 1. The molecule has 0 radical (unpaired) electrons. The Morgan fingerprint density at radius 2 is 1.68 bits per heavy atom. The van der Waals surface area contributed by atoms with Gasteiger partial charge in [0.1, 0.15) is 18.0 Å². The Balaban J connectivity index is 1.65. The number of ether oxygens (including phenoxy) is 2. The predicted molar refractivity (Wildman–Crippen MR) is 152 cm³/mol. The summed E-state index contributed by atoms with van der Waals surface area (Å²) in [4.78, 5) is 27.8. The molecular weight excluding hydrogens is 560 g/mol. The van der Waals surface area contributed by atoms with Crippen LogP contribution < -0.4 is 18.7 Å². The van der Waals surface area contributed by atoms with Crippen molar-refractivity contribution in [2.75, 3.05) is 56.1 Å². The van der Waals surface area contributed by atoms with Crippen molar-refractivity contribution in [2.24, 2.45) is 0 Å². The molecule has 3 aromatic rings. The zero-order valence-electron chi connectivity index (χ0n) is 22.2.